The average Bonchev–Trinajstić information content (AvgIpc) is 3.83. The monoisotopic (exact) mass is 589 g/mol. The third kappa shape index (κ3) is 4.62. The number of aromatic nitrogens is 6. The molecule has 0 N–H and O–H groups in total. The Kier molecular flexibility index (Phi) is 6.44. The largest absolute Gasteiger partial charge is 0.436 e. The van der Waals surface area contributed by atoms with Crippen molar-refractivity contribution in [1.82, 2.24) is 40.0 Å². The number of hydrogen-bond donors (Lipinski definition) is 0. The standard InChI is InChI=1S/C32H31N9O3/c1-38-36-30(35-37-38)29(20-6-3-2-4-7-20)39-18-23-9-10-24(19-39)41(23)32(43)26-16-21(13-14-33-26)31-34-25-17-22(11-12-27(25)44-31)40-15-5-8-28(40)42/h2-4,6-7,11-14,16-17,23-24,29H,5,8-10,15,18-19H2,1H3. The Morgan fingerprint density at radius 2 is 1.84 bits per heavy atom. The SMILES string of the molecule is Cn1nnc(C(c2ccccc2)N2CC3CCC(C2)N3C(=O)c2cc(-c3nc4cc(N5CCCC5=O)ccc4o3)ccn2)n1. The lowest BCUT2D eigenvalue weighted by Gasteiger charge is -2.43. The van der Waals surface area contributed by atoms with Gasteiger partial charge in [-0.25, -0.2) is 4.98 Å². The van der Waals surface area contributed by atoms with Crippen molar-refractivity contribution < 1.29 is 14.0 Å². The molecule has 2 bridgehead atoms. The van der Waals surface area contributed by atoms with Crippen molar-refractivity contribution in [2.24, 2.45) is 7.05 Å². The van der Waals surface area contributed by atoms with Gasteiger partial charge in [-0.1, -0.05) is 30.3 Å². The molecule has 5 aromatic rings. The second-order valence-electron chi connectivity index (χ2n) is 11.8. The fourth-order valence-corrected chi connectivity index (χ4v) is 6.99. The summed E-state index contributed by atoms with van der Waals surface area (Å²) < 4.78 is 6.07. The zero-order valence-electron chi connectivity index (χ0n) is 24.3. The molecule has 3 saturated heterocycles. The molecule has 3 atom stereocenters. The Labute approximate surface area is 253 Å². The van der Waals surface area contributed by atoms with Crippen LogP contribution in [-0.4, -0.2) is 83.5 Å². The molecule has 3 unspecified atom stereocenters. The van der Waals surface area contributed by atoms with Gasteiger partial charge in [-0.05, 0) is 60.4 Å². The molecule has 12 nitrogen and oxygen atoms in total. The number of pyridine rings is 1. The lowest BCUT2D eigenvalue weighted by molar-refractivity contribution is -0.117. The van der Waals surface area contributed by atoms with Gasteiger partial charge in [0.25, 0.3) is 5.91 Å². The van der Waals surface area contributed by atoms with Crippen LogP contribution in [0, 0.1) is 0 Å². The number of carbonyl (C=O) groups is 2. The van der Waals surface area contributed by atoms with Gasteiger partial charge in [0.15, 0.2) is 11.4 Å². The van der Waals surface area contributed by atoms with Crippen molar-refractivity contribution in [2.75, 3.05) is 24.5 Å². The molecule has 3 aliphatic rings. The van der Waals surface area contributed by atoms with E-state index >= 15 is 0 Å². The topological polar surface area (TPSA) is 126 Å². The van der Waals surface area contributed by atoms with E-state index in [1.165, 1.54) is 4.80 Å². The molecule has 0 saturated carbocycles. The molecule has 2 aromatic carbocycles. The number of carbonyl (C=O) groups excluding carboxylic acids is 2. The first-order valence-corrected chi connectivity index (χ1v) is 15.0. The fraction of sp³-hybridized carbons (Fsp3) is 0.344. The smallest absolute Gasteiger partial charge is 0.273 e. The van der Waals surface area contributed by atoms with Crippen molar-refractivity contribution >= 4 is 28.6 Å². The van der Waals surface area contributed by atoms with Gasteiger partial charge >= 0.3 is 0 Å². The number of fused-ring (bicyclic) bond motifs is 3. The molecular formula is C32H31N9O3. The first kappa shape index (κ1) is 26.6. The minimum atomic E-state index is -0.144. The van der Waals surface area contributed by atoms with Gasteiger partial charge in [0, 0.05) is 55.6 Å². The number of nitrogens with zero attached hydrogens (tertiary/aromatic N) is 9. The molecule has 3 aromatic heterocycles. The van der Waals surface area contributed by atoms with Crippen molar-refractivity contribution in [3.63, 3.8) is 0 Å². The lowest BCUT2D eigenvalue weighted by atomic mass is 10.0. The van der Waals surface area contributed by atoms with E-state index in [0.717, 1.165) is 30.5 Å². The maximum atomic E-state index is 14.0. The van der Waals surface area contributed by atoms with E-state index in [1.54, 1.807) is 30.3 Å². The number of piperazine rings is 1. The van der Waals surface area contributed by atoms with Gasteiger partial charge in [-0.3, -0.25) is 19.5 Å². The highest BCUT2D eigenvalue weighted by molar-refractivity contribution is 5.97. The van der Waals surface area contributed by atoms with E-state index in [9.17, 15) is 9.59 Å². The minimum absolute atomic E-state index is 0.0469. The van der Waals surface area contributed by atoms with Crippen molar-refractivity contribution in [1.29, 1.82) is 0 Å². The summed E-state index contributed by atoms with van der Waals surface area (Å²) in [7, 11) is 1.77. The summed E-state index contributed by atoms with van der Waals surface area (Å²) in [4.78, 5) is 43.0. The summed E-state index contributed by atoms with van der Waals surface area (Å²) in [5, 5.41) is 13.0. The van der Waals surface area contributed by atoms with Crippen LogP contribution in [0.15, 0.2) is 71.3 Å². The zero-order chi connectivity index (χ0) is 29.8. The molecule has 0 aliphatic carbocycles. The van der Waals surface area contributed by atoms with Crippen LogP contribution in [0.4, 0.5) is 5.69 Å². The summed E-state index contributed by atoms with van der Waals surface area (Å²) in [5.74, 6) is 1.11. The van der Waals surface area contributed by atoms with Crippen LogP contribution >= 0.6 is 0 Å². The summed E-state index contributed by atoms with van der Waals surface area (Å²) in [6.45, 7) is 2.12. The third-order valence-corrected chi connectivity index (χ3v) is 8.98. The highest BCUT2D eigenvalue weighted by atomic mass is 16.3. The van der Waals surface area contributed by atoms with E-state index in [1.807, 2.05) is 41.3 Å². The van der Waals surface area contributed by atoms with Crippen LogP contribution in [0.5, 0.6) is 0 Å². The number of tetrazole rings is 1. The second-order valence-corrected chi connectivity index (χ2v) is 11.8. The summed E-state index contributed by atoms with van der Waals surface area (Å²) in [6.07, 6.45) is 4.91. The highest BCUT2D eigenvalue weighted by Gasteiger charge is 2.45. The average molecular weight is 590 g/mol. The number of amides is 2. The van der Waals surface area contributed by atoms with Gasteiger partial charge in [0.2, 0.25) is 11.8 Å². The molecule has 0 spiro atoms. The molecule has 6 heterocycles. The Bertz CT molecular complexity index is 1860. The first-order valence-electron chi connectivity index (χ1n) is 15.0. The number of likely N-dealkylation sites (tertiary alicyclic amines) is 1. The van der Waals surface area contributed by atoms with E-state index in [0.29, 0.717) is 60.1 Å². The molecule has 12 heteroatoms. The molecule has 0 radical (unpaired) electrons. The highest BCUT2D eigenvalue weighted by Crippen LogP contribution is 2.37. The minimum Gasteiger partial charge on any atom is -0.436 e. The number of rotatable bonds is 6. The fourth-order valence-electron chi connectivity index (χ4n) is 6.99. The Hall–Kier alpha value is -4.97. The van der Waals surface area contributed by atoms with Crippen LogP contribution < -0.4 is 4.90 Å². The number of oxazole rings is 1. The van der Waals surface area contributed by atoms with Crippen molar-refractivity contribution in [3.05, 3.63) is 83.9 Å². The van der Waals surface area contributed by atoms with Crippen LogP contribution in [0.2, 0.25) is 0 Å². The van der Waals surface area contributed by atoms with E-state index in [2.05, 4.69) is 37.4 Å². The number of benzene rings is 2. The summed E-state index contributed by atoms with van der Waals surface area (Å²) in [5.41, 5.74) is 4.27. The normalized spacial score (nSPS) is 21.0. The van der Waals surface area contributed by atoms with Gasteiger partial charge in [0.1, 0.15) is 11.2 Å². The van der Waals surface area contributed by atoms with Crippen LogP contribution in [0.3, 0.4) is 0 Å². The van der Waals surface area contributed by atoms with Crippen molar-refractivity contribution in [3.8, 4) is 11.5 Å². The number of anilines is 1. The Morgan fingerprint density at radius 3 is 2.57 bits per heavy atom. The van der Waals surface area contributed by atoms with E-state index in [4.69, 9.17) is 9.40 Å². The molecule has 44 heavy (non-hydrogen) atoms. The first-order chi connectivity index (χ1) is 21.5. The van der Waals surface area contributed by atoms with Gasteiger partial charge in [-0.15, -0.1) is 10.2 Å². The molecular weight excluding hydrogens is 558 g/mol. The molecule has 3 fully saturated rings. The Balaban J connectivity index is 1.04. The molecule has 8 rings (SSSR count). The molecule has 3 aliphatic heterocycles. The maximum absolute atomic E-state index is 14.0. The Morgan fingerprint density at radius 1 is 1.02 bits per heavy atom. The van der Waals surface area contributed by atoms with Crippen LogP contribution in [0.25, 0.3) is 22.6 Å². The third-order valence-electron chi connectivity index (χ3n) is 8.98. The molecule has 222 valence electrons. The van der Waals surface area contributed by atoms with Crippen molar-refractivity contribution in [2.45, 2.75) is 43.8 Å². The van der Waals surface area contributed by atoms with Gasteiger partial charge in [0.05, 0.1) is 13.1 Å². The van der Waals surface area contributed by atoms with Crippen LogP contribution in [-0.2, 0) is 11.8 Å². The zero-order valence-corrected chi connectivity index (χ0v) is 24.3. The predicted octanol–water partition coefficient (Wildman–Crippen LogP) is 3.62. The van der Waals surface area contributed by atoms with Crippen LogP contribution in [0.1, 0.15) is 53.6 Å². The lowest BCUT2D eigenvalue weighted by Crippen LogP contribution is -2.56. The van der Waals surface area contributed by atoms with Gasteiger partial charge in [-0.2, -0.15) is 4.80 Å². The quantitative estimate of drug-likeness (QED) is 0.292. The summed E-state index contributed by atoms with van der Waals surface area (Å²) in [6, 6.07) is 19.4. The summed E-state index contributed by atoms with van der Waals surface area (Å²) >= 11 is 0. The molecule has 2 amide bonds. The van der Waals surface area contributed by atoms with E-state index < -0.39 is 0 Å². The second kappa shape index (κ2) is 10.6. The predicted molar refractivity (Wildman–Crippen MR) is 160 cm³/mol. The maximum Gasteiger partial charge on any atom is 0.273 e. The number of hydrogen-bond acceptors (Lipinski definition) is 9. The number of aryl methyl sites for hydroxylation is 1. The van der Waals surface area contributed by atoms with Gasteiger partial charge < -0.3 is 14.2 Å². The van der Waals surface area contributed by atoms with E-state index in [-0.39, 0.29) is 29.9 Å².